The minimum atomic E-state index is -1.33. The summed E-state index contributed by atoms with van der Waals surface area (Å²) in [6.07, 6.45) is 1.36. The van der Waals surface area contributed by atoms with Gasteiger partial charge < -0.3 is 5.11 Å². The Morgan fingerprint density at radius 1 is 1.19 bits per heavy atom. The van der Waals surface area contributed by atoms with E-state index < -0.39 is 30.4 Å². The number of carboxylic acid groups (broad SMARTS) is 1. The van der Waals surface area contributed by atoms with E-state index in [0.29, 0.717) is 11.3 Å². The predicted molar refractivity (Wildman–Crippen MR) is 51.4 cm³/mol. The number of imide groups is 2. The maximum Gasteiger partial charge on any atom is 0.334 e. The van der Waals surface area contributed by atoms with Crippen LogP contribution >= 0.6 is 0 Å². The summed E-state index contributed by atoms with van der Waals surface area (Å²) >= 11 is 0. The van der Waals surface area contributed by atoms with Gasteiger partial charge in [-0.1, -0.05) is 13.3 Å². The van der Waals surface area contributed by atoms with E-state index >= 15 is 0 Å². The van der Waals surface area contributed by atoms with Crippen molar-refractivity contribution in [3.05, 3.63) is 0 Å². The highest BCUT2D eigenvalue weighted by Crippen LogP contribution is 2.12. The molecule has 0 aromatic heterocycles. The zero-order valence-corrected chi connectivity index (χ0v) is 8.80. The van der Waals surface area contributed by atoms with E-state index in [0.717, 1.165) is 11.3 Å². The summed E-state index contributed by atoms with van der Waals surface area (Å²) in [5.74, 6) is -3.34. The second-order valence-electron chi connectivity index (χ2n) is 3.38. The van der Waals surface area contributed by atoms with Crippen LogP contribution in [0.3, 0.4) is 0 Å². The van der Waals surface area contributed by atoms with E-state index in [4.69, 9.17) is 5.11 Å². The number of nitrogens with zero attached hydrogens (tertiary/aromatic N) is 2. The molecule has 16 heavy (non-hydrogen) atoms. The lowest BCUT2D eigenvalue weighted by Crippen LogP contribution is -2.37. The second-order valence-corrected chi connectivity index (χ2v) is 3.38. The molecule has 0 aliphatic carbocycles. The molecule has 0 radical (unpaired) electrons. The van der Waals surface area contributed by atoms with Crippen LogP contribution in [0, 0.1) is 0 Å². The summed E-state index contributed by atoms with van der Waals surface area (Å²) in [5, 5.41) is 8.48. The van der Waals surface area contributed by atoms with E-state index in [1.807, 2.05) is 6.92 Å². The zero-order valence-electron chi connectivity index (χ0n) is 8.80. The molecule has 1 N–H and O–H groups in total. The molecule has 0 aromatic carbocycles. The quantitative estimate of drug-likeness (QED) is 0.513. The molecule has 88 valence electrons. The predicted octanol–water partition coefficient (Wildman–Crippen LogP) is -0.338. The van der Waals surface area contributed by atoms with Gasteiger partial charge in [-0.05, 0) is 6.42 Å². The number of urea groups is 1. The van der Waals surface area contributed by atoms with Gasteiger partial charge in [0, 0.05) is 6.54 Å². The number of rotatable bonds is 5. The van der Waals surface area contributed by atoms with Gasteiger partial charge in [0.2, 0.25) is 0 Å². The molecule has 4 amide bonds. The Balaban J connectivity index is 2.77. The molecule has 0 spiro atoms. The molecule has 1 heterocycles. The molecule has 1 saturated heterocycles. The van der Waals surface area contributed by atoms with Crippen LogP contribution in [-0.2, 0) is 14.4 Å². The second kappa shape index (κ2) is 4.73. The fourth-order valence-corrected chi connectivity index (χ4v) is 1.34. The number of hydrogen-bond acceptors (Lipinski definition) is 4. The average molecular weight is 228 g/mol. The third-order valence-corrected chi connectivity index (χ3v) is 2.16. The van der Waals surface area contributed by atoms with Crippen molar-refractivity contribution in [3.8, 4) is 0 Å². The number of carbonyl (C=O) groups is 4. The van der Waals surface area contributed by atoms with E-state index in [1.165, 1.54) is 0 Å². The molecule has 1 aliphatic rings. The molecule has 0 unspecified atom stereocenters. The highest BCUT2D eigenvalue weighted by molar-refractivity contribution is 6.44. The van der Waals surface area contributed by atoms with Crippen LogP contribution in [0.2, 0.25) is 0 Å². The number of hydrogen-bond donors (Lipinski definition) is 1. The molecule has 7 heteroatoms. The number of aliphatic carboxylic acids is 1. The van der Waals surface area contributed by atoms with Crippen LogP contribution in [-0.4, -0.2) is 51.8 Å². The van der Waals surface area contributed by atoms with Gasteiger partial charge in [-0.15, -0.1) is 0 Å². The smallest absolute Gasteiger partial charge is 0.334 e. The average Bonchev–Trinajstić information content (AvgIpc) is 2.41. The number of carbonyl (C=O) groups excluding carboxylic acids is 3. The molecule has 0 bridgehead atoms. The molecular weight excluding hydrogens is 216 g/mol. The number of carboxylic acids is 1. The van der Waals surface area contributed by atoms with Crippen molar-refractivity contribution in [1.29, 1.82) is 0 Å². The minimum absolute atomic E-state index is 0.149. The lowest BCUT2D eigenvalue weighted by Gasteiger charge is -2.13. The SMILES string of the molecule is CCCCN1C(=O)C(=O)N(CC(=O)O)C1=O. The van der Waals surface area contributed by atoms with Crippen molar-refractivity contribution < 1.29 is 24.3 Å². The number of amides is 4. The first-order valence-corrected chi connectivity index (χ1v) is 4.88. The van der Waals surface area contributed by atoms with Gasteiger partial charge in [-0.3, -0.25) is 19.3 Å². The molecule has 7 nitrogen and oxygen atoms in total. The van der Waals surface area contributed by atoms with Gasteiger partial charge in [-0.25, -0.2) is 9.69 Å². The van der Waals surface area contributed by atoms with Crippen LogP contribution in [0.1, 0.15) is 19.8 Å². The Bertz CT molecular complexity index is 352. The van der Waals surface area contributed by atoms with Crippen molar-refractivity contribution in [1.82, 2.24) is 9.80 Å². The summed E-state index contributed by atoms with van der Waals surface area (Å²) in [7, 11) is 0. The zero-order chi connectivity index (χ0) is 12.3. The highest BCUT2D eigenvalue weighted by Gasteiger charge is 2.44. The molecule has 0 saturated carbocycles. The van der Waals surface area contributed by atoms with Gasteiger partial charge >= 0.3 is 23.8 Å². The minimum Gasteiger partial charge on any atom is -0.480 e. The Morgan fingerprint density at radius 2 is 1.75 bits per heavy atom. The van der Waals surface area contributed by atoms with E-state index in [9.17, 15) is 19.2 Å². The lowest BCUT2D eigenvalue weighted by atomic mass is 10.3. The van der Waals surface area contributed by atoms with E-state index in [2.05, 4.69) is 0 Å². The standard InChI is InChI=1S/C9H12N2O5/c1-2-3-4-10-7(14)8(15)11(9(10)16)5-6(12)13/h2-5H2,1H3,(H,12,13). The van der Waals surface area contributed by atoms with Crippen LogP contribution in [0.15, 0.2) is 0 Å². The van der Waals surface area contributed by atoms with Crippen molar-refractivity contribution in [2.75, 3.05) is 13.1 Å². The largest absolute Gasteiger partial charge is 0.480 e. The molecule has 1 rings (SSSR count). The third-order valence-electron chi connectivity index (χ3n) is 2.16. The Kier molecular flexibility index (Phi) is 3.60. The van der Waals surface area contributed by atoms with Crippen molar-refractivity contribution in [2.45, 2.75) is 19.8 Å². The van der Waals surface area contributed by atoms with Crippen molar-refractivity contribution >= 4 is 23.8 Å². The molecule has 1 fully saturated rings. The van der Waals surface area contributed by atoms with Gasteiger partial charge in [0.25, 0.3) is 0 Å². The Hall–Kier alpha value is -1.92. The summed E-state index contributed by atoms with van der Waals surface area (Å²) in [5.41, 5.74) is 0. The fourth-order valence-electron chi connectivity index (χ4n) is 1.34. The normalized spacial score (nSPS) is 16.2. The van der Waals surface area contributed by atoms with E-state index in [1.54, 1.807) is 0 Å². The summed E-state index contributed by atoms with van der Waals surface area (Å²) < 4.78 is 0. The Labute approximate surface area is 91.6 Å². The Morgan fingerprint density at radius 3 is 2.25 bits per heavy atom. The maximum atomic E-state index is 11.5. The fraction of sp³-hybridized carbons (Fsp3) is 0.556. The first-order chi connectivity index (χ1) is 7.49. The van der Waals surface area contributed by atoms with Gasteiger partial charge in [0.05, 0.1) is 0 Å². The first kappa shape index (κ1) is 12.2. The van der Waals surface area contributed by atoms with Crippen molar-refractivity contribution in [2.24, 2.45) is 0 Å². The monoisotopic (exact) mass is 228 g/mol. The van der Waals surface area contributed by atoms with Crippen LogP contribution < -0.4 is 0 Å². The maximum absolute atomic E-state index is 11.5. The molecule has 1 aliphatic heterocycles. The summed E-state index contributed by atoms with van der Waals surface area (Å²) in [4.78, 5) is 45.8. The molecular formula is C9H12N2O5. The molecule has 0 atom stereocenters. The van der Waals surface area contributed by atoms with Crippen LogP contribution in [0.5, 0.6) is 0 Å². The third kappa shape index (κ3) is 2.18. The lowest BCUT2D eigenvalue weighted by molar-refractivity contribution is -0.146. The van der Waals surface area contributed by atoms with Gasteiger partial charge in [0.1, 0.15) is 6.54 Å². The van der Waals surface area contributed by atoms with Crippen LogP contribution in [0.4, 0.5) is 4.79 Å². The van der Waals surface area contributed by atoms with E-state index in [-0.39, 0.29) is 6.54 Å². The number of unbranched alkanes of at least 4 members (excludes halogenated alkanes) is 1. The van der Waals surface area contributed by atoms with Gasteiger partial charge in [0.15, 0.2) is 0 Å². The topological polar surface area (TPSA) is 95.0 Å². The van der Waals surface area contributed by atoms with Gasteiger partial charge in [-0.2, -0.15) is 0 Å². The van der Waals surface area contributed by atoms with Crippen molar-refractivity contribution in [3.63, 3.8) is 0 Å². The summed E-state index contributed by atoms with van der Waals surface area (Å²) in [6, 6.07) is -0.842. The summed E-state index contributed by atoms with van der Waals surface area (Å²) in [6.45, 7) is 1.25. The highest BCUT2D eigenvalue weighted by atomic mass is 16.4. The molecule has 0 aromatic rings. The van der Waals surface area contributed by atoms with Crippen LogP contribution in [0.25, 0.3) is 0 Å². The first-order valence-electron chi connectivity index (χ1n) is 4.88.